The molecule has 0 aliphatic heterocycles. The van der Waals surface area contributed by atoms with E-state index in [1.807, 2.05) is 22.9 Å². The van der Waals surface area contributed by atoms with E-state index in [1.165, 1.54) is 5.56 Å². The summed E-state index contributed by atoms with van der Waals surface area (Å²) in [4.78, 5) is 4.28. The molecule has 19 heavy (non-hydrogen) atoms. The molecule has 1 N–H and O–H groups in total. The summed E-state index contributed by atoms with van der Waals surface area (Å²) in [5, 5.41) is 8.42. The second-order valence-corrected chi connectivity index (χ2v) is 4.99. The van der Waals surface area contributed by atoms with Gasteiger partial charge in [-0.25, -0.2) is 9.67 Å². The summed E-state index contributed by atoms with van der Waals surface area (Å²) in [6.45, 7) is 5.86. The van der Waals surface area contributed by atoms with Crippen LogP contribution < -0.4 is 5.32 Å². The second kappa shape index (κ2) is 6.68. The molecule has 2 rings (SSSR count). The van der Waals surface area contributed by atoms with E-state index in [-0.39, 0.29) is 6.04 Å². The summed E-state index contributed by atoms with van der Waals surface area (Å²) < 4.78 is 1.94. The first-order chi connectivity index (χ1) is 9.20. The fourth-order valence-corrected chi connectivity index (χ4v) is 2.16. The Hall–Kier alpha value is -1.39. The van der Waals surface area contributed by atoms with Crippen LogP contribution in [0.25, 0.3) is 0 Å². The lowest BCUT2D eigenvalue weighted by Gasteiger charge is -2.14. The van der Waals surface area contributed by atoms with Crippen LogP contribution in [0.1, 0.15) is 37.7 Å². The normalized spacial score (nSPS) is 12.6. The summed E-state index contributed by atoms with van der Waals surface area (Å²) in [7, 11) is 0. The Morgan fingerprint density at radius 2 is 2.26 bits per heavy atom. The van der Waals surface area contributed by atoms with Gasteiger partial charge in [-0.2, -0.15) is 5.10 Å². The highest BCUT2D eigenvalue weighted by molar-refractivity contribution is 6.30. The number of halogens is 1. The molecular formula is C14H19ClN4. The van der Waals surface area contributed by atoms with Crippen molar-refractivity contribution in [3.8, 4) is 0 Å². The summed E-state index contributed by atoms with van der Waals surface area (Å²) >= 11 is 6.00. The third kappa shape index (κ3) is 3.78. The van der Waals surface area contributed by atoms with Gasteiger partial charge in [0.2, 0.25) is 0 Å². The van der Waals surface area contributed by atoms with Gasteiger partial charge in [0.25, 0.3) is 0 Å². The Bertz CT molecular complexity index is 524. The van der Waals surface area contributed by atoms with Gasteiger partial charge in [-0.1, -0.05) is 30.7 Å². The first-order valence-electron chi connectivity index (χ1n) is 6.56. The van der Waals surface area contributed by atoms with Crippen molar-refractivity contribution in [3.05, 3.63) is 47.0 Å². The molecule has 0 radical (unpaired) electrons. The minimum atomic E-state index is 0.227. The first-order valence-corrected chi connectivity index (χ1v) is 6.94. The van der Waals surface area contributed by atoms with Crippen molar-refractivity contribution in [2.75, 3.05) is 0 Å². The molecule has 2 aromatic rings. The van der Waals surface area contributed by atoms with Crippen LogP contribution in [0.5, 0.6) is 0 Å². The van der Waals surface area contributed by atoms with E-state index in [1.54, 1.807) is 6.33 Å². The lowest BCUT2D eigenvalue weighted by Crippen LogP contribution is -2.21. The van der Waals surface area contributed by atoms with Crippen LogP contribution in [-0.2, 0) is 13.1 Å². The molecule has 0 fully saturated rings. The van der Waals surface area contributed by atoms with Crippen molar-refractivity contribution in [2.24, 2.45) is 0 Å². The monoisotopic (exact) mass is 278 g/mol. The van der Waals surface area contributed by atoms with Crippen LogP contribution in [0.15, 0.2) is 30.6 Å². The van der Waals surface area contributed by atoms with Gasteiger partial charge in [-0.15, -0.1) is 0 Å². The van der Waals surface area contributed by atoms with E-state index < -0.39 is 0 Å². The van der Waals surface area contributed by atoms with Crippen LogP contribution in [0.2, 0.25) is 5.02 Å². The van der Waals surface area contributed by atoms with Gasteiger partial charge in [0.1, 0.15) is 12.2 Å². The van der Waals surface area contributed by atoms with Gasteiger partial charge in [0.05, 0.1) is 6.54 Å². The molecule has 4 nitrogen and oxygen atoms in total. The fourth-order valence-electron chi connectivity index (χ4n) is 1.96. The summed E-state index contributed by atoms with van der Waals surface area (Å²) in [6.07, 6.45) is 2.66. The van der Waals surface area contributed by atoms with E-state index in [0.29, 0.717) is 6.54 Å². The quantitative estimate of drug-likeness (QED) is 0.882. The summed E-state index contributed by atoms with van der Waals surface area (Å²) in [5.74, 6) is 0.968. The Morgan fingerprint density at radius 3 is 3.00 bits per heavy atom. The highest BCUT2D eigenvalue weighted by atomic mass is 35.5. The van der Waals surface area contributed by atoms with Crippen LogP contribution in [0, 0.1) is 0 Å². The number of hydrogen-bond donors (Lipinski definition) is 1. The van der Waals surface area contributed by atoms with E-state index in [2.05, 4.69) is 35.3 Å². The third-order valence-electron chi connectivity index (χ3n) is 3.05. The fraction of sp³-hybridized carbons (Fsp3) is 0.429. The maximum absolute atomic E-state index is 6.00. The smallest absolute Gasteiger partial charge is 0.140 e. The predicted molar refractivity (Wildman–Crippen MR) is 77.0 cm³/mol. The second-order valence-electron chi connectivity index (χ2n) is 4.56. The number of aromatic nitrogens is 3. The van der Waals surface area contributed by atoms with Gasteiger partial charge in [-0.3, -0.25) is 0 Å². The highest BCUT2D eigenvalue weighted by Gasteiger charge is 2.08. The van der Waals surface area contributed by atoms with Crippen molar-refractivity contribution >= 4 is 11.6 Å². The Kier molecular flexibility index (Phi) is 4.93. The topological polar surface area (TPSA) is 42.7 Å². The molecule has 0 saturated carbocycles. The van der Waals surface area contributed by atoms with Gasteiger partial charge in [0.15, 0.2) is 0 Å². The largest absolute Gasteiger partial charge is 0.303 e. The van der Waals surface area contributed by atoms with Gasteiger partial charge < -0.3 is 5.32 Å². The molecule has 1 atom stereocenters. The predicted octanol–water partition coefficient (Wildman–Crippen LogP) is 3.19. The molecular weight excluding hydrogens is 260 g/mol. The van der Waals surface area contributed by atoms with Crippen LogP contribution in [0.3, 0.4) is 0 Å². The lowest BCUT2D eigenvalue weighted by molar-refractivity contribution is 0.509. The molecule has 0 amide bonds. The number of nitrogens with one attached hydrogen (secondary N) is 1. The van der Waals surface area contributed by atoms with E-state index >= 15 is 0 Å². The molecule has 0 saturated heterocycles. The van der Waals surface area contributed by atoms with Crippen LogP contribution in [-0.4, -0.2) is 14.8 Å². The summed E-state index contributed by atoms with van der Waals surface area (Å²) in [5.41, 5.74) is 1.18. The number of benzene rings is 1. The molecule has 0 spiro atoms. The molecule has 5 heteroatoms. The standard InChI is InChI=1S/C14H19ClN4/c1-3-7-19-14(17-10-18-19)9-16-11(2)12-5-4-6-13(15)8-12/h4-6,8,10-11,16H,3,7,9H2,1-2H3. The Labute approximate surface area is 118 Å². The number of nitrogens with zero attached hydrogens (tertiary/aromatic N) is 3. The van der Waals surface area contributed by atoms with Crippen molar-refractivity contribution in [2.45, 2.75) is 39.4 Å². The van der Waals surface area contributed by atoms with Crippen molar-refractivity contribution in [1.82, 2.24) is 20.1 Å². The minimum absolute atomic E-state index is 0.227. The molecule has 1 heterocycles. The maximum atomic E-state index is 6.00. The zero-order valence-electron chi connectivity index (χ0n) is 11.3. The summed E-state index contributed by atoms with van der Waals surface area (Å²) in [6, 6.07) is 8.13. The lowest BCUT2D eigenvalue weighted by atomic mass is 10.1. The zero-order valence-corrected chi connectivity index (χ0v) is 12.1. The van der Waals surface area contributed by atoms with Crippen LogP contribution in [0.4, 0.5) is 0 Å². The SMILES string of the molecule is CCCn1ncnc1CNC(C)c1cccc(Cl)c1. The zero-order chi connectivity index (χ0) is 13.7. The average Bonchev–Trinajstić information content (AvgIpc) is 2.84. The molecule has 0 aliphatic rings. The number of hydrogen-bond acceptors (Lipinski definition) is 3. The molecule has 102 valence electrons. The van der Waals surface area contributed by atoms with Crippen LogP contribution >= 0.6 is 11.6 Å². The molecule has 1 aromatic heterocycles. The third-order valence-corrected chi connectivity index (χ3v) is 3.28. The molecule has 1 unspecified atom stereocenters. The van der Waals surface area contributed by atoms with E-state index in [9.17, 15) is 0 Å². The van der Waals surface area contributed by atoms with Crippen molar-refractivity contribution in [1.29, 1.82) is 0 Å². The Balaban J connectivity index is 1.96. The molecule has 0 aliphatic carbocycles. The minimum Gasteiger partial charge on any atom is -0.303 e. The first kappa shape index (κ1) is 14.0. The highest BCUT2D eigenvalue weighted by Crippen LogP contribution is 2.17. The number of aryl methyl sites for hydroxylation is 1. The van der Waals surface area contributed by atoms with Crippen molar-refractivity contribution < 1.29 is 0 Å². The van der Waals surface area contributed by atoms with Gasteiger partial charge >= 0.3 is 0 Å². The molecule has 0 bridgehead atoms. The number of rotatable bonds is 6. The van der Waals surface area contributed by atoms with Crippen molar-refractivity contribution in [3.63, 3.8) is 0 Å². The van der Waals surface area contributed by atoms with E-state index in [0.717, 1.165) is 23.8 Å². The average molecular weight is 279 g/mol. The van der Waals surface area contributed by atoms with Gasteiger partial charge in [-0.05, 0) is 31.0 Å². The van der Waals surface area contributed by atoms with E-state index in [4.69, 9.17) is 11.6 Å². The maximum Gasteiger partial charge on any atom is 0.140 e. The van der Waals surface area contributed by atoms with Gasteiger partial charge in [0, 0.05) is 17.6 Å². The Morgan fingerprint density at radius 1 is 1.42 bits per heavy atom. The molecule has 1 aromatic carbocycles.